The van der Waals surface area contributed by atoms with Gasteiger partial charge in [-0.05, 0) is 48.7 Å². The van der Waals surface area contributed by atoms with Crippen LogP contribution in [-0.2, 0) is 32.6 Å². The molecule has 42 heavy (non-hydrogen) atoms. The van der Waals surface area contributed by atoms with Gasteiger partial charge in [-0.2, -0.15) is 0 Å². The Morgan fingerprint density at radius 3 is 2.24 bits per heavy atom. The van der Waals surface area contributed by atoms with Crippen molar-refractivity contribution in [2.45, 2.75) is 45.3 Å². The number of carbonyl (C=O) groups excluding carboxylic acids is 2. The highest BCUT2D eigenvalue weighted by atomic mass is 35.5. The van der Waals surface area contributed by atoms with Crippen LogP contribution in [0.2, 0.25) is 5.02 Å². The summed E-state index contributed by atoms with van der Waals surface area (Å²) in [5.74, 6) is -0.290. The van der Waals surface area contributed by atoms with Gasteiger partial charge in [0.05, 0.1) is 26.2 Å². The Morgan fingerprint density at radius 2 is 1.64 bits per heavy atom. The smallest absolute Gasteiger partial charge is 0.244 e. The first-order valence-electron chi connectivity index (χ1n) is 13.5. The predicted molar refractivity (Wildman–Crippen MR) is 166 cm³/mol. The van der Waals surface area contributed by atoms with Crippen LogP contribution in [-0.4, -0.2) is 64.2 Å². The van der Waals surface area contributed by atoms with Gasteiger partial charge in [-0.25, -0.2) is 8.42 Å². The summed E-state index contributed by atoms with van der Waals surface area (Å²) in [5.41, 5.74) is 1.68. The first-order chi connectivity index (χ1) is 20.0. The van der Waals surface area contributed by atoms with Crippen LogP contribution in [0.4, 0.5) is 5.69 Å². The molecule has 0 aliphatic rings. The summed E-state index contributed by atoms with van der Waals surface area (Å²) in [7, 11) is -1.12. The van der Waals surface area contributed by atoms with Gasteiger partial charge in [0.1, 0.15) is 24.1 Å². The number of anilines is 1. The van der Waals surface area contributed by atoms with E-state index in [-0.39, 0.29) is 36.4 Å². The third-order valence-corrected chi connectivity index (χ3v) is 8.21. The van der Waals surface area contributed by atoms with Crippen molar-refractivity contribution in [3.05, 3.63) is 88.9 Å². The quantitative estimate of drug-likeness (QED) is 0.282. The van der Waals surface area contributed by atoms with Crippen LogP contribution in [0.3, 0.4) is 0 Å². The largest absolute Gasteiger partial charge is 0.497 e. The number of methoxy groups -OCH3 is 2. The van der Waals surface area contributed by atoms with Gasteiger partial charge in [-0.1, -0.05) is 61.0 Å². The van der Waals surface area contributed by atoms with Crippen molar-refractivity contribution in [3.8, 4) is 11.5 Å². The highest BCUT2D eigenvalue weighted by Crippen LogP contribution is 2.34. The lowest BCUT2D eigenvalue weighted by Gasteiger charge is -2.34. The number of hydrogen-bond acceptors (Lipinski definition) is 6. The van der Waals surface area contributed by atoms with Gasteiger partial charge in [-0.15, -0.1) is 0 Å². The van der Waals surface area contributed by atoms with E-state index in [0.29, 0.717) is 22.8 Å². The summed E-state index contributed by atoms with van der Waals surface area (Å²) in [6.45, 7) is 3.29. The molecule has 0 saturated carbocycles. The highest BCUT2D eigenvalue weighted by molar-refractivity contribution is 7.92. The molecule has 226 valence electrons. The highest BCUT2D eigenvalue weighted by Gasteiger charge is 2.34. The zero-order chi connectivity index (χ0) is 30.9. The van der Waals surface area contributed by atoms with E-state index in [9.17, 15) is 18.0 Å². The molecule has 3 aromatic carbocycles. The van der Waals surface area contributed by atoms with E-state index in [1.807, 2.05) is 44.2 Å². The third kappa shape index (κ3) is 8.87. The molecule has 0 fully saturated rings. The zero-order valence-electron chi connectivity index (χ0n) is 24.5. The van der Waals surface area contributed by atoms with E-state index in [4.69, 9.17) is 21.1 Å². The molecular formula is C31H38ClN3O6S. The van der Waals surface area contributed by atoms with Crippen LogP contribution in [0.1, 0.15) is 31.4 Å². The first kappa shape index (κ1) is 32.8. The average Bonchev–Trinajstić information content (AvgIpc) is 2.97. The maximum absolute atomic E-state index is 14.2. The molecule has 0 radical (unpaired) electrons. The molecule has 11 heteroatoms. The number of nitrogens with zero attached hydrogens (tertiary/aromatic N) is 2. The SMILES string of the molecule is CC[C@H](C)NC(=O)[C@H](Cc1ccccc1)N(Cc1cccc(Cl)c1)C(=O)CN(c1cc(OC)ccc1OC)S(C)(=O)=O. The Hall–Kier alpha value is -3.76. The lowest BCUT2D eigenvalue weighted by atomic mass is 10.0. The second kappa shape index (κ2) is 14.9. The lowest BCUT2D eigenvalue weighted by Crippen LogP contribution is -2.54. The number of rotatable bonds is 14. The molecule has 0 saturated heterocycles. The van der Waals surface area contributed by atoms with Crippen molar-refractivity contribution < 1.29 is 27.5 Å². The van der Waals surface area contributed by atoms with Crippen LogP contribution in [0, 0.1) is 0 Å². The minimum atomic E-state index is -3.98. The zero-order valence-corrected chi connectivity index (χ0v) is 26.1. The van der Waals surface area contributed by atoms with Gasteiger partial charge in [0.25, 0.3) is 0 Å². The van der Waals surface area contributed by atoms with E-state index in [1.165, 1.54) is 25.2 Å². The molecule has 0 aromatic heterocycles. The summed E-state index contributed by atoms with van der Waals surface area (Å²) in [5, 5.41) is 3.48. The Kier molecular flexibility index (Phi) is 11.6. The summed E-state index contributed by atoms with van der Waals surface area (Å²) >= 11 is 6.26. The molecule has 2 atom stereocenters. The second-order valence-electron chi connectivity index (χ2n) is 9.98. The maximum Gasteiger partial charge on any atom is 0.244 e. The molecular weight excluding hydrogens is 578 g/mol. The van der Waals surface area contributed by atoms with Gasteiger partial charge in [0, 0.05) is 30.1 Å². The van der Waals surface area contributed by atoms with Crippen LogP contribution in [0.5, 0.6) is 11.5 Å². The minimum absolute atomic E-state index is 0.0255. The van der Waals surface area contributed by atoms with E-state index in [1.54, 1.807) is 36.4 Å². The number of carbonyl (C=O) groups is 2. The Balaban J connectivity index is 2.11. The summed E-state index contributed by atoms with van der Waals surface area (Å²) < 4.78 is 37.9. The van der Waals surface area contributed by atoms with Crippen molar-refractivity contribution in [2.24, 2.45) is 0 Å². The molecule has 2 amide bonds. The predicted octanol–water partition coefficient (Wildman–Crippen LogP) is 4.68. The normalized spacial score (nSPS) is 12.6. The molecule has 0 bridgehead atoms. The van der Waals surface area contributed by atoms with Crippen LogP contribution in [0.15, 0.2) is 72.8 Å². The lowest BCUT2D eigenvalue weighted by molar-refractivity contribution is -0.140. The van der Waals surface area contributed by atoms with Gasteiger partial charge in [0.2, 0.25) is 21.8 Å². The van der Waals surface area contributed by atoms with Crippen molar-refractivity contribution in [1.82, 2.24) is 10.2 Å². The Labute approximate surface area is 253 Å². The molecule has 9 nitrogen and oxygen atoms in total. The van der Waals surface area contributed by atoms with Crippen LogP contribution >= 0.6 is 11.6 Å². The van der Waals surface area contributed by atoms with Crippen molar-refractivity contribution in [3.63, 3.8) is 0 Å². The monoisotopic (exact) mass is 615 g/mol. The van der Waals surface area contributed by atoms with Gasteiger partial charge < -0.3 is 19.7 Å². The fourth-order valence-electron chi connectivity index (χ4n) is 4.41. The third-order valence-electron chi connectivity index (χ3n) is 6.85. The van der Waals surface area contributed by atoms with Crippen LogP contribution in [0.25, 0.3) is 0 Å². The second-order valence-corrected chi connectivity index (χ2v) is 12.3. The number of amides is 2. The molecule has 0 aliphatic carbocycles. The molecule has 0 aliphatic heterocycles. The molecule has 0 heterocycles. The first-order valence-corrected chi connectivity index (χ1v) is 15.8. The average molecular weight is 616 g/mol. The number of hydrogen-bond donors (Lipinski definition) is 1. The molecule has 0 unspecified atom stereocenters. The molecule has 3 rings (SSSR count). The number of benzene rings is 3. The Bertz CT molecular complexity index is 1470. The fraction of sp³-hybridized carbons (Fsp3) is 0.355. The summed E-state index contributed by atoms with van der Waals surface area (Å²) in [4.78, 5) is 29.4. The van der Waals surface area contributed by atoms with Crippen molar-refractivity contribution in [2.75, 3.05) is 31.3 Å². The van der Waals surface area contributed by atoms with Crippen molar-refractivity contribution in [1.29, 1.82) is 0 Å². The van der Waals surface area contributed by atoms with Crippen LogP contribution < -0.4 is 19.1 Å². The fourth-order valence-corrected chi connectivity index (χ4v) is 5.47. The molecule has 1 N–H and O–H groups in total. The number of sulfonamides is 1. The van der Waals surface area contributed by atoms with Crippen molar-refractivity contribution >= 4 is 39.1 Å². The Morgan fingerprint density at radius 1 is 0.952 bits per heavy atom. The summed E-state index contributed by atoms with van der Waals surface area (Å²) in [6, 6.07) is 20.0. The van der Waals surface area contributed by atoms with E-state index >= 15 is 0 Å². The minimum Gasteiger partial charge on any atom is -0.497 e. The maximum atomic E-state index is 14.2. The molecule has 3 aromatic rings. The summed E-state index contributed by atoms with van der Waals surface area (Å²) in [6.07, 6.45) is 1.93. The van der Waals surface area contributed by atoms with E-state index in [2.05, 4.69) is 5.32 Å². The number of nitrogens with one attached hydrogen (secondary N) is 1. The number of halogens is 1. The molecule has 0 spiro atoms. The van der Waals surface area contributed by atoms with Gasteiger partial charge in [0.15, 0.2) is 0 Å². The topological polar surface area (TPSA) is 105 Å². The van der Waals surface area contributed by atoms with E-state index < -0.39 is 28.5 Å². The van der Waals surface area contributed by atoms with Gasteiger partial charge >= 0.3 is 0 Å². The standard InChI is InChI=1S/C31H38ClN3O6S/c1-6-22(2)33-31(37)28(18-23-11-8-7-9-12-23)34(20-24-13-10-14-25(32)17-24)30(36)21-35(42(5,38)39)27-19-26(40-3)15-16-29(27)41-4/h7-17,19,22,28H,6,18,20-21H2,1-5H3,(H,33,37)/t22-,28-/m0/s1. The number of ether oxygens (including phenoxy) is 2. The van der Waals surface area contributed by atoms with Gasteiger partial charge in [-0.3, -0.25) is 13.9 Å². The van der Waals surface area contributed by atoms with E-state index in [0.717, 1.165) is 16.1 Å².